The summed E-state index contributed by atoms with van der Waals surface area (Å²) < 4.78 is 0. The van der Waals surface area contributed by atoms with Crippen molar-refractivity contribution in [1.82, 2.24) is 0 Å². The smallest absolute Gasteiger partial charge is 0.155 e. The first-order valence-electron chi connectivity index (χ1n) is 4.29. The first-order valence-corrected chi connectivity index (χ1v) is 4.29. The predicted molar refractivity (Wildman–Crippen MR) is 45.1 cm³/mol. The van der Waals surface area contributed by atoms with Crippen LogP contribution in [0.2, 0.25) is 0 Å². The van der Waals surface area contributed by atoms with Gasteiger partial charge in [0.25, 0.3) is 0 Å². The number of rotatable bonds is 7. The van der Waals surface area contributed by atoms with Gasteiger partial charge in [-0.05, 0) is 19.8 Å². The molecule has 0 saturated carbocycles. The van der Waals surface area contributed by atoms with Crippen molar-refractivity contribution in [3.05, 3.63) is 4.91 Å². The van der Waals surface area contributed by atoms with E-state index in [1.165, 1.54) is 19.3 Å². The lowest BCUT2D eigenvalue weighted by atomic mass is 10.1. The summed E-state index contributed by atoms with van der Waals surface area (Å²) in [6.45, 7) is 4.04. The quantitative estimate of drug-likeness (QED) is 0.325. The van der Waals surface area contributed by atoms with Gasteiger partial charge < -0.3 is 4.84 Å². The molecule has 0 saturated heterocycles. The van der Waals surface area contributed by atoms with Crippen molar-refractivity contribution in [2.45, 2.75) is 52.1 Å². The minimum Gasteiger partial charge on any atom is -0.361 e. The third kappa shape index (κ3) is 7.30. The molecule has 0 N–H and O–H groups in total. The Bertz CT molecular complexity index is 96.1. The number of unbranched alkanes of at least 4 members (excludes halogenated alkanes) is 3. The van der Waals surface area contributed by atoms with E-state index in [4.69, 9.17) is 0 Å². The summed E-state index contributed by atoms with van der Waals surface area (Å²) in [4.78, 5) is 14.1. The number of hydrogen-bond acceptors (Lipinski definition) is 3. The van der Waals surface area contributed by atoms with Crippen LogP contribution in [0.5, 0.6) is 0 Å². The molecule has 0 fully saturated rings. The summed E-state index contributed by atoms with van der Waals surface area (Å²) in [5.41, 5.74) is 0. The van der Waals surface area contributed by atoms with Crippen molar-refractivity contribution in [1.29, 1.82) is 0 Å². The van der Waals surface area contributed by atoms with E-state index >= 15 is 0 Å². The van der Waals surface area contributed by atoms with Crippen LogP contribution >= 0.6 is 0 Å². The van der Waals surface area contributed by atoms with Crippen LogP contribution in [-0.4, -0.2) is 6.10 Å². The first-order chi connectivity index (χ1) is 5.31. The van der Waals surface area contributed by atoms with Gasteiger partial charge in [0, 0.05) is 0 Å². The van der Waals surface area contributed by atoms with Crippen molar-refractivity contribution >= 4 is 0 Å². The third-order valence-electron chi connectivity index (χ3n) is 1.69. The molecule has 3 heteroatoms. The molecule has 0 bridgehead atoms. The second kappa shape index (κ2) is 7.51. The van der Waals surface area contributed by atoms with Gasteiger partial charge in [0.1, 0.15) is 6.10 Å². The van der Waals surface area contributed by atoms with E-state index in [9.17, 15) is 4.91 Å². The summed E-state index contributed by atoms with van der Waals surface area (Å²) in [5.74, 6) is 0. The molecular weight excluding hydrogens is 142 g/mol. The monoisotopic (exact) mass is 159 g/mol. The van der Waals surface area contributed by atoms with E-state index in [0.717, 1.165) is 12.8 Å². The van der Waals surface area contributed by atoms with Gasteiger partial charge in [-0.25, -0.2) is 0 Å². The molecule has 66 valence electrons. The fourth-order valence-corrected chi connectivity index (χ4v) is 0.985. The maximum atomic E-state index is 9.63. The maximum Gasteiger partial charge on any atom is 0.155 e. The molecule has 0 spiro atoms. The molecule has 0 aliphatic heterocycles. The second-order valence-corrected chi connectivity index (χ2v) is 2.84. The lowest BCUT2D eigenvalue weighted by molar-refractivity contribution is 0.0607. The lowest BCUT2D eigenvalue weighted by Crippen LogP contribution is -2.02. The zero-order valence-electron chi connectivity index (χ0n) is 7.38. The van der Waals surface area contributed by atoms with E-state index < -0.39 is 0 Å². The van der Waals surface area contributed by atoms with Crippen molar-refractivity contribution in [2.24, 2.45) is 5.34 Å². The zero-order chi connectivity index (χ0) is 8.53. The lowest BCUT2D eigenvalue weighted by Gasteiger charge is -2.05. The highest BCUT2D eigenvalue weighted by Crippen LogP contribution is 2.07. The minimum atomic E-state index is -0.00986. The molecule has 0 aromatic heterocycles. The Kier molecular flexibility index (Phi) is 7.10. The molecule has 0 aromatic carbocycles. The van der Waals surface area contributed by atoms with E-state index in [0.29, 0.717) is 0 Å². The Hall–Kier alpha value is -0.600. The third-order valence-corrected chi connectivity index (χ3v) is 1.69. The van der Waals surface area contributed by atoms with Crippen LogP contribution in [0.25, 0.3) is 0 Å². The first kappa shape index (κ1) is 10.4. The van der Waals surface area contributed by atoms with E-state index in [1.807, 2.05) is 6.92 Å². The molecule has 3 nitrogen and oxygen atoms in total. The standard InChI is InChI=1S/C8H17NO2/c1-3-4-5-6-7-8(2)11-9-10/h8H,3-7H2,1-2H3/t8-/m1/s1. The second-order valence-electron chi connectivity index (χ2n) is 2.84. The fourth-order valence-electron chi connectivity index (χ4n) is 0.985. The SMILES string of the molecule is CCCCCC[C@@H](C)ON=O. The maximum absolute atomic E-state index is 9.63. The Morgan fingerprint density at radius 3 is 2.64 bits per heavy atom. The van der Waals surface area contributed by atoms with Crippen LogP contribution in [0.4, 0.5) is 0 Å². The predicted octanol–water partition coefficient (Wildman–Crippen LogP) is 3.04. The van der Waals surface area contributed by atoms with Gasteiger partial charge in [0.2, 0.25) is 0 Å². The summed E-state index contributed by atoms with van der Waals surface area (Å²) in [6.07, 6.45) is 5.78. The summed E-state index contributed by atoms with van der Waals surface area (Å²) in [7, 11) is 0. The van der Waals surface area contributed by atoms with Gasteiger partial charge in [0.15, 0.2) is 5.34 Å². The molecule has 0 amide bonds. The molecule has 0 aliphatic carbocycles. The van der Waals surface area contributed by atoms with Crippen LogP contribution in [-0.2, 0) is 4.84 Å². The summed E-state index contributed by atoms with van der Waals surface area (Å²) in [5, 5.41) is 2.38. The average Bonchev–Trinajstić information content (AvgIpc) is 1.99. The number of nitrogens with zero attached hydrogens (tertiary/aromatic N) is 1. The van der Waals surface area contributed by atoms with Crippen LogP contribution < -0.4 is 0 Å². The van der Waals surface area contributed by atoms with Gasteiger partial charge in [-0.15, -0.1) is 4.91 Å². The largest absolute Gasteiger partial charge is 0.361 e. The summed E-state index contributed by atoms with van der Waals surface area (Å²) in [6, 6.07) is 0. The molecule has 0 unspecified atom stereocenters. The van der Waals surface area contributed by atoms with Gasteiger partial charge in [-0.2, -0.15) is 0 Å². The highest BCUT2D eigenvalue weighted by molar-refractivity contribution is 4.49. The van der Waals surface area contributed by atoms with Crippen molar-refractivity contribution in [3.8, 4) is 0 Å². The molecule has 0 aliphatic rings. The Morgan fingerprint density at radius 1 is 1.36 bits per heavy atom. The van der Waals surface area contributed by atoms with E-state index in [1.54, 1.807) is 0 Å². The van der Waals surface area contributed by atoms with Crippen molar-refractivity contribution in [3.63, 3.8) is 0 Å². The Labute approximate surface area is 68.1 Å². The normalized spacial score (nSPS) is 12.5. The molecule has 0 radical (unpaired) electrons. The van der Waals surface area contributed by atoms with Crippen molar-refractivity contribution in [2.75, 3.05) is 0 Å². The highest BCUT2D eigenvalue weighted by Gasteiger charge is 2.00. The van der Waals surface area contributed by atoms with Crippen molar-refractivity contribution < 1.29 is 4.84 Å². The van der Waals surface area contributed by atoms with E-state index in [-0.39, 0.29) is 6.10 Å². The molecule has 11 heavy (non-hydrogen) atoms. The van der Waals surface area contributed by atoms with Crippen LogP contribution in [0.15, 0.2) is 5.34 Å². The average molecular weight is 159 g/mol. The van der Waals surface area contributed by atoms with Gasteiger partial charge >= 0.3 is 0 Å². The van der Waals surface area contributed by atoms with Gasteiger partial charge in [0.05, 0.1) is 0 Å². The molecule has 1 atom stereocenters. The molecule has 0 aromatic rings. The molecule has 0 rings (SSSR count). The molecule has 0 heterocycles. The minimum absolute atomic E-state index is 0.00986. The summed E-state index contributed by atoms with van der Waals surface area (Å²) >= 11 is 0. The van der Waals surface area contributed by atoms with Gasteiger partial charge in [-0.1, -0.05) is 26.2 Å². The van der Waals surface area contributed by atoms with Crippen LogP contribution in [0.3, 0.4) is 0 Å². The Morgan fingerprint density at radius 2 is 2.09 bits per heavy atom. The fraction of sp³-hybridized carbons (Fsp3) is 1.00. The highest BCUT2D eigenvalue weighted by atomic mass is 16.7. The molecular formula is C8H17NO2. The Balaban J connectivity index is 3.03. The zero-order valence-corrected chi connectivity index (χ0v) is 7.38. The van der Waals surface area contributed by atoms with E-state index in [2.05, 4.69) is 17.1 Å². The topological polar surface area (TPSA) is 38.7 Å². The van der Waals surface area contributed by atoms with Crippen LogP contribution in [0, 0.1) is 4.91 Å². The van der Waals surface area contributed by atoms with Crippen LogP contribution in [0.1, 0.15) is 46.0 Å². The number of hydrogen-bond donors (Lipinski definition) is 0. The van der Waals surface area contributed by atoms with Gasteiger partial charge in [-0.3, -0.25) is 0 Å².